The molecule has 0 heterocycles. The van der Waals surface area contributed by atoms with E-state index in [-0.39, 0.29) is 12.2 Å². The van der Waals surface area contributed by atoms with Crippen molar-refractivity contribution in [3.8, 4) is 0 Å². The standard InChI is InChI=1S/C8H14O2/c1-5-7(3)9-10-8(4)6-2/h5-8H,1-2H2,3-4H3. The molecule has 10 heavy (non-hydrogen) atoms. The van der Waals surface area contributed by atoms with E-state index < -0.39 is 0 Å². The molecule has 0 aliphatic carbocycles. The lowest BCUT2D eigenvalue weighted by Gasteiger charge is -2.09. The van der Waals surface area contributed by atoms with Crippen LogP contribution in [0.15, 0.2) is 25.3 Å². The minimum Gasteiger partial charge on any atom is -0.229 e. The molecule has 0 aromatic heterocycles. The van der Waals surface area contributed by atoms with Gasteiger partial charge in [0, 0.05) is 0 Å². The van der Waals surface area contributed by atoms with Crippen LogP contribution in [-0.4, -0.2) is 12.2 Å². The SMILES string of the molecule is C=CC(C)OOC(C)C=C. The molecule has 0 saturated heterocycles. The van der Waals surface area contributed by atoms with Crippen molar-refractivity contribution in [2.24, 2.45) is 0 Å². The van der Waals surface area contributed by atoms with E-state index in [2.05, 4.69) is 13.2 Å². The zero-order valence-corrected chi connectivity index (χ0v) is 6.54. The molecule has 0 bridgehead atoms. The van der Waals surface area contributed by atoms with Crippen molar-refractivity contribution in [1.29, 1.82) is 0 Å². The Hall–Kier alpha value is -0.600. The highest BCUT2D eigenvalue weighted by atomic mass is 17.2. The molecule has 0 spiro atoms. The summed E-state index contributed by atoms with van der Waals surface area (Å²) < 4.78 is 0. The average molecular weight is 142 g/mol. The van der Waals surface area contributed by atoms with Gasteiger partial charge in [-0.3, -0.25) is 0 Å². The third-order valence-electron chi connectivity index (χ3n) is 1.02. The second kappa shape index (κ2) is 5.21. The first-order valence-electron chi connectivity index (χ1n) is 3.28. The smallest absolute Gasteiger partial charge is 0.108 e. The summed E-state index contributed by atoms with van der Waals surface area (Å²) in [4.78, 5) is 9.71. The van der Waals surface area contributed by atoms with Crippen molar-refractivity contribution in [2.75, 3.05) is 0 Å². The van der Waals surface area contributed by atoms with E-state index in [1.54, 1.807) is 12.2 Å². The summed E-state index contributed by atoms with van der Waals surface area (Å²) in [5.74, 6) is 0. The quantitative estimate of drug-likeness (QED) is 0.332. The van der Waals surface area contributed by atoms with Crippen LogP contribution in [0.25, 0.3) is 0 Å². The number of hydrogen-bond donors (Lipinski definition) is 0. The normalized spacial score (nSPS) is 15.8. The summed E-state index contributed by atoms with van der Waals surface area (Å²) in [5.41, 5.74) is 0. The van der Waals surface area contributed by atoms with E-state index in [1.807, 2.05) is 13.8 Å². The summed E-state index contributed by atoms with van der Waals surface area (Å²) in [6, 6.07) is 0. The van der Waals surface area contributed by atoms with E-state index in [0.29, 0.717) is 0 Å². The van der Waals surface area contributed by atoms with Gasteiger partial charge < -0.3 is 0 Å². The van der Waals surface area contributed by atoms with Crippen molar-refractivity contribution >= 4 is 0 Å². The molecule has 0 aromatic rings. The molecular weight excluding hydrogens is 128 g/mol. The summed E-state index contributed by atoms with van der Waals surface area (Å²) in [6.07, 6.45) is 3.19. The van der Waals surface area contributed by atoms with Crippen molar-refractivity contribution in [1.82, 2.24) is 0 Å². The highest BCUT2D eigenvalue weighted by molar-refractivity contribution is 4.76. The van der Waals surface area contributed by atoms with E-state index in [0.717, 1.165) is 0 Å². The maximum Gasteiger partial charge on any atom is 0.108 e. The Morgan fingerprint density at radius 3 is 1.50 bits per heavy atom. The van der Waals surface area contributed by atoms with Crippen LogP contribution in [0.2, 0.25) is 0 Å². The van der Waals surface area contributed by atoms with Crippen molar-refractivity contribution in [2.45, 2.75) is 26.1 Å². The van der Waals surface area contributed by atoms with Crippen LogP contribution in [-0.2, 0) is 9.78 Å². The molecule has 0 rings (SSSR count). The highest BCUT2D eigenvalue weighted by Crippen LogP contribution is 1.97. The Morgan fingerprint density at radius 2 is 1.30 bits per heavy atom. The summed E-state index contributed by atoms with van der Waals surface area (Å²) in [7, 11) is 0. The van der Waals surface area contributed by atoms with Gasteiger partial charge in [-0.2, -0.15) is 0 Å². The third kappa shape index (κ3) is 4.30. The fraction of sp³-hybridized carbons (Fsp3) is 0.500. The maximum atomic E-state index is 4.85. The van der Waals surface area contributed by atoms with Gasteiger partial charge in [0.25, 0.3) is 0 Å². The molecule has 2 unspecified atom stereocenters. The summed E-state index contributed by atoms with van der Waals surface area (Å²) in [5, 5.41) is 0. The molecular formula is C8H14O2. The summed E-state index contributed by atoms with van der Waals surface area (Å²) in [6.45, 7) is 10.8. The van der Waals surface area contributed by atoms with Gasteiger partial charge in [-0.15, -0.1) is 13.2 Å². The Balaban J connectivity index is 3.34. The number of rotatable bonds is 5. The highest BCUT2D eigenvalue weighted by Gasteiger charge is 1.99. The van der Waals surface area contributed by atoms with Crippen LogP contribution in [0, 0.1) is 0 Å². The molecule has 0 saturated carbocycles. The Bertz CT molecular complexity index is 95.8. The number of hydrogen-bond acceptors (Lipinski definition) is 2. The molecule has 58 valence electrons. The van der Waals surface area contributed by atoms with Gasteiger partial charge in [-0.25, -0.2) is 9.78 Å². The van der Waals surface area contributed by atoms with Crippen LogP contribution in [0.4, 0.5) is 0 Å². The first-order chi connectivity index (χ1) is 4.70. The minimum absolute atomic E-state index is 0.0672. The average Bonchev–Trinajstić information content (AvgIpc) is 1.99. The molecule has 0 aliphatic heterocycles. The third-order valence-corrected chi connectivity index (χ3v) is 1.02. The molecule has 0 aliphatic rings. The fourth-order valence-corrected chi connectivity index (χ4v) is 0.254. The minimum atomic E-state index is -0.0672. The monoisotopic (exact) mass is 142 g/mol. The van der Waals surface area contributed by atoms with Crippen LogP contribution in [0.3, 0.4) is 0 Å². The largest absolute Gasteiger partial charge is 0.229 e. The Morgan fingerprint density at radius 1 is 1.00 bits per heavy atom. The Kier molecular flexibility index (Phi) is 4.89. The van der Waals surface area contributed by atoms with Crippen LogP contribution in [0.5, 0.6) is 0 Å². The van der Waals surface area contributed by atoms with Crippen molar-refractivity contribution in [3.05, 3.63) is 25.3 Å². The lowest BCUT2D eigenvalue weighted by molar-refractivity contribution is -0.325. The van der Waals surface area contributed by atoms with Gasteiger partial charge >= 0.3 is 0 Å². The van der Waals surface area contributed by atoms with E-state index in [9.17, 15) is 0 Å². The van der Waals surface area contributed by atoms with Crippen molar-refractivity contribution in [3.63, 3.8) is 0 Å². The van der Waals surface area contributed by atoms with E-state index >= 15 is 0 Å². The molecule has 0 amide bonds. The molecule has 0 aromatic carbocycles. The predicted molar refractivity (Wildman–Crippen MR) is 41.5 cm³/mol. The Labute approximate surface area is 62.1 Å². The van der Waals surface area contributed by atoms with E-state index in [4.69, 9.17) is 9.78 Å². The van der Waals surface area contributed by atoms with Crippen LogP contribution >= 0.6 is 0 Å². The zero-order valence-electron chi connectivity index (χ0n) is 6.54. The lowest BCUT2D eigenvalue weighted by atomic mass is 10.4. The molecule has 0 radical (unpaired) electrons. The van der Waals surface area contributed by atoms with Crippen molar-refractivity contribution < 1.29 is 9.78 Å². The maximum absolute atomic E-state index is 4.85. The molecule has 2 atom stereocenters. The van der Waals surface area contributed by atoms with Crippen LogP contribution < -0.4 is 0 Å². The molecule has 2 nitrogen and oxygen atoms in total. The molecule has 0 N–H and O–H groups in total. The van der Waals surface area contributed by atoms with Gasteiger partial charge in [-0.05, 0) is 13.8 Å². The first kappa shape index (κ1) is 9.40. The second-order valence-corrected chi connectivity index (χ2v) is 2.07. The molecule has 0 fully saturated rings. The van der Waals surface area contributed by atoms with Gasteiger partial charge in [-0.1, -0.05) is 12.2 Å². The first-order valence-corrected chi connectivity index (χ1v) is 3.28. The lowest BCUT2D eigenvalue weighted by Crippen LogP contribution is -2.10. The molecule has 2 heteroatoms. The summed E-state index contributed by atoms with van der Waals surface area (Å²) >= 11 is 0. The van der Waals surface area contributed by atoms with Gasteiger partial charge in [0.15, 0.2) is 0 Å². The van der Waals surface area contributed by atoms with Gasteiger partial charge in [0.2, 0.25) is 0 Å². The van der Waals surface area contributed by atoms with Gasteiger partial charge in [0.05, 0.1) is 0 Å². The van der Waals surface area contributed by atoms with E-state index in [1.165, 1.54) is 0 Å². The fourth-order valence-electron chi connectivity index (χ4n) is 0.254. The second-order valence-electron chi connectivity index (χ2n) is 2.07. The predicted octanol–water partition coefficient (Wildman–Crippen LogP) is 2.08. The van der Waals surface area contributed by atoms with Crippen LogP contribution in [0.1, 0.15) is 13.8 Å². The van der Waals surface area contributed by atoms with Gasteiger partial charge in [0.1, 0.15) is 12.2 Å². The zero-order chi connectivity index (χ0) is 7.98. The topological polar surface area (TPSA) is 18.5 Å².